The van der Waals surface area contributed by atoms with E-state index in [1.54, 1.807) is 0 Å². The van der Waals surface area contributed by atoms with Gasteiger partial charge in [-0.05, 0) is 25.0 Å². The van der Waals surface area contributed by atoms with Gasteiger partial charge in [-0.25, -0.2) is 0 Å². The van der Waals surface area contributed by atoms with Crippen molar-refractivity contribution in [1.29, 1.82) is 0 Å². The molecule has 1 rings (SSSR count). The molecule has 0 amide bonds. The Bertz CT molecular complexity index is 387. The lowest BCUT2D eigenvalue weighted by Crippen LogP contribution is -2.03. The van der Waals surface area contributed by atoms with Crippen molar-refractivity contribution in [3.63, 3.8) is 0 Å². The van der Waals surface area contributed by atoms with E-state index in [9.17, 15) is 4.79 Å². The molecule has 0 N–H and O–H groups in total. The summed E-state index contributed by atoms with van der Waals surface area (Å²) in [5.41, 5.74) is 0.786. The number of hydrogen-bond acceptors (Lipinski definition) is 2. The number of benzene rings is 1. The summed E-state index contributed by atoms with van der Waals surface area (Å²) in [6.07, 6.45) is 9.09. The van der Waals surface area contributed by atoms with Crippen LogP contribution in [0.5, 0.6) is 0 Å². The van der Waals surface area contributed by atoms with Crippen molar-refractivity contribution in [2.24, 2.45) is 0 Å². The number of Topliss-reactive ketones (excluding diaryl/α,β-unsaturated/α-hetero) is 1. The summed E-state index contributed by atoms with van der Waals surface area (Å²) in [6, 6.07) is 7.54. The van der Waals surface area contributed by atoms with Crippen LogP contribution >= 0.6 is 15.9 Å². The first-order chi connectivity index (χ1) is 10.2. The van der Waals surface area contributed by atoms with E-state index in [0.717, 1.165) is 29.5 Å². The van der Waals surface area contributed by atoms with Crippen molar-refractivity contribution in [2.45, 2.75) is 58.3 Å². The van der Waals surface area contributed by atoms with E-state index in [1.807, 2.05) is 24.3 Å². The van der Waals surface area contributed by atoms with Crippen LogP contribution in [0.2, 0.25) is 0 Å². The molecule has 2 nitrogen and oxygen atoms in total. The Balaban J connectivity index is 1.96. The van der Waals surface area contributed by atoms with Gasteiger partial charge in [-0.3, -0.25) is 4.79 Å². The van der Waals surface area contributed by atoms with Gasteiger partial charge in [-0.1, -0.05) is 67.1 Å². The number of hydrogen-bond donors (Lipinski definition) is 0. The number of ketones is 1. The van der Waals surface area contributed by atoms with Crippen LogP contribution in [0.3, 0.4) is 0 Å². The summed E-state index contributed by atoms with van der Waals surface area (Å²) >= 11 is 3.37. The lowest BCUT2D eigenvalue weighted by Gasteiger charge is -2.04. The van der Waals surface area contributed by atoms with Crippen LogP contribution in [-0.4, -0.2) is 19.0 Å². The van der Waals surface area contributed by atoms with Gasteiger partial charge in [0.2, 0.25) is 0 Å². The van der Waals surface area contributed by atoms with E-state index < -0.39 is 0 Å². The fourth-order valence-corrected chi connectivity index (χ4v) is 2.47. The molecule has 0 aliphatic carbocycles. The molecule has 0 spiro atoms. The molecule has 3 heteroatoms. The highest BCUT2D eigenvalue weighted by Crippen LogP contribution is 2.12. The molecule has 0 radical (unpaired) electrons. The number of ether oxygens (including phenoxy) is 1. The van der Waals surface area contributed by atoms with Crippen molar-refractivity contribution < 1.29 is 9.53 Å². The molecule has 118 valence electrons. The number of unbranched alkanes of at least 4 members (excludes halogenated alkanes) is 5. The van der Waals surface area contributed by atoms with E-state index in [1.165, 1.54) is 32.1 Å². The molecule has 1 aromatic carbocycles. The van der Waals surface area contributed by atoms with Gasteiger partial charge >= 0.3 is 0 Å². The van der Waals surface area contributed by atoms with E-state index in [4.69, 9.17) is 4.74 Å². The average molecular weight is 355 g/mol. The maximum atomic E-state index is 11.9. The molecular weight excluding hydrogens is 328 g/mol. The third-order valence-electron chi connectivity index (χ3n) is 3.50. The van der Waals surface area contributed by atoms with Crippen molar-refractivity contribution in [3.05, 3.63) is 34.3 Å². The molecule has 0 atom stereocenters. The second kappa shape index (κ2) is 11.9. The predicted molar refractivity (Wildman–Crippen MR) is 91.9 cm³/mol. The lowest BCUT2D eigenvalue weighted by atomic mass is 10.1. The van der Waals surface area contributed by atoms with Gasteiger partial charge < -0.3 is 4.74 Å². The summed E-state index contributed by atoms with van der Waals surface area (Å²) in [4.78, 5) is 11.9. The highest BCUT2D eigenvalue weighted by molar-refractivity contribution is 9.10. The average Bonchev–Trinajstić information content (AvgIpc) is 2.49. The first kappa shape index (κ1) is 18.4. The van der Waals surface area contributed by atoms with Gasteiger partial charge in [0.1, 0.15) is 0 Å². The molecule has 0 bridgehead atoms. The normalized spacial score (nSPS) is 10.8. The van der Waals surface area contributed by atoms with Crippen molar-refractivity contribution >= 4 is 21.7 Å². The van der Waals surface area contributed by atoms with Crippen LogP contribution in [0.4, 0.5) is 0 Å². The molecule has 0 heterocycles. The maximum Gasteiger partial charge on any atom is 0.162 e. The topological polar surface area (TPSA) is 26.3 Å². The Morgan fingerprint density at radius 1 is 0.952 bits per heavy atom. The molecule has 1 aromatic rings. The molecule has 0 saturated heterocycles. The molecule has 0 aliphatic rings. The largest absolute Gasteiger partial charge is 0.381 e. The van der Waals surface area contributed by atoms with E-state index >= 15 is 0 Å². The van der Waals surface area contributed by atoms with Crippen molar-refractivity contribution in [1.82, 2.24) is 0 Å². The molecule has 0 aliphatic heterocycles. The first-order valence-electron chi connectivity index (χ1n) is 8.10. The van der Waals surface area contributed by atoms with Gasteiger partial charge in [0.05, 0.1) is 0 Å². The third kappa shape index (κ3) is 9.05. The quantitative estimate of drug-likeness (QED) is 0.350. The van der Waals surface area contributed by atoms with E-state index in [0.29, 0.717) is 13.0 Å². The predicted octanol–water partition coefficient (Wildman–Crippen LogP) is 5.79. The van der Waals surface area contributed by atoms with E-state index in [2.05, 4.69) is 22.9 Å². The van der Waals surface area contributed by atoms with Gasteiger partial charge in [0.25, 0.3) is 0 Å². The van der Waals surface area contributed by atoms with Crippen LogP contribution in [0, 0.1) is 0 Å². The SMILES string of the molecule is CCCCCCCCOCCCC(=O)c1ccc(Br)cc1. The minimum Gasteiger partial charge on any atom is -0.381 e. The minimum absolute atomic E-state index is 0.200. The van der Waals surface area contributed by atoms with Crippen LogP contribution in [0.15, 0.2) is 28.7 Å². The van der Waals surface area contributed by atoms with Crippen molar-refractivity contribution in [3.8, 4) is 0 Å². The monoisotopic (exact) mass is 354 g/mol. The molecule has 0 saturated carbocycles. The Morgan fingerprint density at radius 2 is 1.57 bits per heavy atom. The smallest absolute Gasteiger partial charge is 0.162 e. The molecule has 0 aromatic heterocycles. The lowest BCUT2D eigenvalue weighted by molar-refractivity contribution is 0.0933. The summed E-state index contributed by atoms with van der Waals surface area (Å²) < 4.78 is 6.59. The Kier molecular flexibility index (Phi) is 10.4. The van der Waals surface area contributed by atoms with Gasteiger partial charge in [0, 0.05) is 29.7 Å². The van der Waals surface area contributed by atoms with Gasteiger partial charge in [-0.2, -0.15) is 0 Å². The Hall–Kier alpha value is -0.670. The first-order valence-corrected chi connectivity index (χ1v) is 8.90. The summed E-state index contributed by atoms with van der Waals surface area (Å²) in [5, 5.41) is 0. The molecule has 21 heavy (non-hydrogen) atoms. The summed E-state index contributed by atoms with van der Waals surface area (Å²) in [7, 11) is 0. The van der Waals surface area contributed by atoms with Gasteiger partial charge in [-0.15, -0.1) is 0 Å². The highest BCUT2D eigenvalue weighted by Gasteiger charge is 2.05. The highest BCUT2D eigenvalue weighted by atomic mass is 79.9. The Morgan fingerprint density at radius 3 is 2.29 bits per heavy atom. The third-order valence-corrected chi connectivity index (χ3v) is 4.03. The number of rotatable bonds is 12. The number of carbonyl (C=O) groups excluding carboxylic acids is 1. The number of carbonyl (C=O) groups is 1. The van der Waals surface area contributed by atoms with Crippen molar-refractivity contribution in [2.75, 3.05) is 13.2 Å². The van der Waals surface area contributed by atoms with Crippen LogP contribution in [0.1, 0.15) is 68.6 Å². The standard InChI is InChI=1S/C18H27BrO2/c1-2-3-4-5-6-7-14-21-15-8-9-18(20)16-10-12-17(19)13-11-16/h10-13H,2-9,14-15H2,1H3. The Labute approximate surface area is 137 Å². The van der Waals surface area contributed by atoms with Crippen LogP contribution in [-0.2, 0) is 4.74 Å². The second-order valence-corrected chi connectivity index (χ2v) is 6.33. The zero-order valence-electron chi connectivity index (χ0n) is 13.1. The molecular formula is C18H27BrO2. The summed E-state index contributed by atoms with van der Waals surface area (Å²) in [5.74, 6) is 0.200. The second-order valence-electron chi connectivity index (χ2n) is 5.41. The van der Waals surface area contributed by atoms with E-state index in [-0.39, 0.29) is 5.78 Å². The van der Waals surface area contributed by atoms with Crippen LogP contribution in [0.25, 0.3) is 0 Å². The summed E-state index contributed by atoms with van der Waals surface area (Å²) in [6.45, 7) is 3.76. The minimum atomic E-state index is 0.200. The fourth-order valence-electron chi connectivity index (χ4n) is 2.20. The maximum absolute atomic E-state index is 11.9. The number of halogens is 1. The van der Waals surface area contributed by atoms with Crippen LogP contribution < -0.4 is 0 Å². The molecule has 0 fully saturated rings. The van der Waals surface area contributed by atoms with Gasteiger partial charge in [0.15, 0.2) is 5.78 Å². The fraction of sp³-hybridized carbons (Fsp3) is 0.611. The molecule has 0 unspecified atom stereocenters. The zero-order chi connectivity index (χ0) is 15.3. The zero-order valence-corrected chi connectivity index (χ0v) is 14.7.